The first-order valence-electron chi connectivity index (χ1n) is 10.4. The van der Waals surface area contributed by atoms with E-state index in [0.717, 1.165) is 6.07 Å². The van der Waals surface area contributed by atoms with Crippen LogP contribution in [0.2, 0.25) is 0 Å². The number of anilines is 1. The number of halogens is 1. The lowest BCUT2D eigenvalue weighted by Crippen LogP contribution is -2.42. The maximum atomic E-state index is 14.6. The summed E-state index contributed by atoms with van der Waals surface area (Å²) >= 11 is 0. The van der Waals surface area contributed by atoms with Crippen LogP contribution in [0, 0.1) is 35.4 Å². The van der Waals surface area contributed by atoms with E-state index in [0.29, 0.717) is 49.1 Å². The highest BCUT2D eigenvalue weighted by atomic mass is 32.2. The summed E-state index contributed by atoms with van der Waals surface area (Å²) in [5.41, 5.74) is 1.31. The van der Waals surface area contributed by atoms with Crippen LogP contribution in [0.5, 0.6) is 0 Å². The van der Waals surface area contributed by atoms with Crippen molar-refractivity contribution in [2.75, 3.05) is 24.7 Å². The number of aromatic nitrogens is 4. The second-order valence-corrected chi connectivity index (χ2v) is 9.95. The van der Waals surface area contributed by atoms with Crippen molar-refractivity contribution in [3.63, 3.8) is 0 Å². The predicted molar refractivity (Wildman–Crippen MR) is 122 cm³/mol. The number of rotatable bonds is 5. The molecule has 34 heavy (non-hydrogen) atoms. The standard InChI is InChI=1S/C22H21FN8O2S/c1-14-27-19(13-31(14)20-4-3-15(10-24)9-18(20)23)21-16(11-25)12-26-22(29-21)28-17-5-7-30(8-6-17)34(2,32)33/h3-4,9,12-13,17H,5-8H2,1-2H3,(H,26,28,29). The monoisotopic (exact) mass is 480 g/mol. The lowest BCUT2D eigenvalue weighted by molar-refractivity contribution is 0.331. The summed E-state index contributed by atoms with van der Waals surface area (Å²) in [5.74, 6) is 0.199. The smallest absolute Gasteiger partial charge is 0.223 e. The fourth-order valence-electron chi connectivity index (χ4n) is 3.85. The number of hydrogen-bond acceptors (Lipinski definition) is 8. The van der Waals surface area contributed by atoms with Crippen LogP contribution in [-0.2, 0) is 10.0 Å². The Balaban J connectivity index is 1.61. The first-order valence-corrected chi connectivity index (χ1v) is 12.3. The van der Waals surface area contributed by atoms with Gasteiger partial charge in [0.25, 0.3) is 0 Å². The predicted octanol–water partition coefficient (Wildman–Crippen LogP) is 2.36. The van der Waals surface area contributed by atoms with Gasteiger partial charge in [0.1, 0.15) is 29.1 Å². The van der Waals surface area contributed by atoms with Crippen LogP contribution in [0.25, 0.3) is 17.1 Å². The number of benzene rings is 1. The van der Waals surface area contributed by atoms with E-state index in [-0.39, 0.29) is 22.9 Å². The van der Waals surface area contributed by atoms with Gasteiger partial charge in [-0.3, -0.25) is 0 Å². The number of hydrogen-bond donors (Lipinski definition) is 1. The van der Waals surface area contributed by atoms with Crippen molar-refractivity contribution in [1.82, 2.24) is 23.8 Å². The molecular weight excluding hydrogens is 459 g/mol. The van der Waals surface area contributed by atoms with Gasteiger partial charge in [-0.2, -0.15) is 10.5 Å². The quantitative estimate of drug-likeness (QED) is 0.587. The van der Waals surface area contributed by atoms with Gasteiger partial charge in [-0.25, -0.2) is 32.1 Å². The van der Waals surface area contributed by atoms with Gasteiger partial charge in [-0.05, 0) is 38.0 Å². The third-order valence-corrected chi connectivity index (χ3v) is 6.93. The average molecular weight is 481 g/mol. The SMILES string of the molecule is Cc1nc(-c2nc(NC3CCN(S(C)(=O)=O)CC3)ncc2C#N)cn1-c1ccc(C#N)cc1F. The summed E-state index contributed by atoms with van der Waals surface area (Å²) in [6.45, 7) is 2.50. The maximum absolute atomic E-state index is 14.6. The van der Waals surface area contributed by atoms with Crippen LogP contribution in [0.15, 0.2) is 30.6 Å². The molecule has 4 rings (SSSR count). The van der Waals surface area contributed by atoms with Gasteiger partial charge in [0, 0.05) is 25.3 Å². The molecule has 1 aliphatic rings. The summed E-state index contributed by atoms with van der Waals surface area (Å²) in [7, 11) is -3.22. The van der Waals surface area contributed by atoms with Crippen LogP contribution in [0.3, 0.4) is 0 Å². The van der Waals surface area contributed by atoms with Crippen molar-refractivity contribution in [1.29, 1.82) is 10.5 Å². The van der Waals surface area contributed by atoms with Gasteiger partial charge < -0.3 is 9.88 Å². The largest absolute Gasteiger partial charge is 0.351 e. The van der Waals surface area contributed by atoms with Crippen molar-refractivity contribution in [3.8, 4) is 29.2 Å². The topological polar surface area (TPSA) is 141 Å². The van der Waals surface area contributed by atoms with Crippen LogP contribution >= 0.6 is 0 Å². The molecule has 1 N–H and O–H groups in total. The fraction of sp³-hybridized carbons (Fsp3) is 0.318. The fourth-order valence-corrected chi connectivity index (χ4v) is 4.72. The van der Waals surface area contributed by atoms with E-state index in [1.54, 1.807) is 13.1 Å². The molecule has 10 nitrogen and oxygen atoms in total. The van der Waals surface area contributed by atoms with Crippen LogP contribution in [-0.4, -0.2) is 57.6 Å². The lowest BCUT2D eigenvalue weighted by atomic mass is 10.1. The minimum absolute atomic E-state index is 0.0224. The van der Waals surface area contributed by atoms with E-state index in [4.69, 9.17) is 5.26 Å². The Kier molecular flexibility index (Phi) is 6.28. The van der Waals surface area contributed by atoms with Crippen molar-refractivity contribution in [2.45, 2.75) is 25.8 Å². The summed E-state index contributed by atoms with van der Waals surface area (Å²) < 4.78 is 41.0. The molecule has 1 aromatic carbocycles. The number of nitrogens with one attached hydrogen (secondary N) is 1. The van der Waals surface area contributed by atoms with Gasteiger partial charge in [-0.15, -0.1) is 0 Å². The highest BCUT2D eigenvalue weighted by Crippen LogP contribution is 2.26. The highest BCUT2D eigenvalue weighted by Gasteiger charge is 2.25. The Hall–Kier alpha value is -3.87. The zero-order valence-electron chi connectivity index (χ0n) is 18.5. The molecule has 1 aliphatic heterocycles. The van der Waals surface area contributed by atoms with Crippen LogP contribution in [0.1, 0.15) is 29.8 Å². The summed E-state index contributed by atoms with van der Waals surface area (Å²) in [5, 5.41) is 21.7. The third kappa shape index (κ3) is 4.73. The number of nitrogens with zero attached hydrogens (tertiary/aromatic N) is 7. The molecule has 1 saturated heterocycles. The number of nitriles is 2. The number of piperidine rings is 1. The van der Waals surface area contributed by atoms with E-state index in [1.807, 2.05) is 6.07 Å². The second kappa shape index (κ2) is 9.17. The van der Waals surface area contributed by atoms with E-state index < -0.39 is 15.8 Å². The van der Waals surface area contributed by atoms with Crippen molar-refractivity contribution in [2.24, 2.45) is 0 Å². The zero-order valence-corrected chi connectivity index (χ0v) is 19.3. The minimum Gasteiger partial charge on any atom is -0.351 e. The summed E-state index contributed by atoms with van der Waals surface area (Å²) in [4.78, 5) is 13.2. The normalized spacial score (nSPS) is 15.0. The Morgan fingerprint density at radius 1 is 1.18 bits per heavy atom. The lowest BCUT2D eigenvalue weighted by Gasteiger charge is -2.30. The molecule has 1 fully saturated rings. The number of aryl methyl sites for hydroxylation is 1. The average Bonchev–Trinajstić information content (AvgIpc) is 3.19. The number of imidazole rings is 1. The van der Waals surface area contributed by atoms with Crippen LogP contribution < -0.4 is 5.32 Å². The van der Waals surface area contributed by atoms with Crippen molar-refractivity contribution >= 4 is 16.0 Å². The maximum Gasteiger partial charge on any atom is 0.223 e. The zero-order chi connectivity index (χ0) is 24.5. The molecular formula is C22H21FN8O2S. The van der Waals surface area contributed by atoms with Gasteiger partial charge in [0.2, 0.25) is 16.0 Å². The number of sulfonamides is 1. The Morgan fingerprint density at radius 3 is 2.53 bits per heavy atom. The van der Waals surface area contributed by atoms with E-state index in [2.05, 4.69) is 26.3 Å². The van der Waals surface area contributed by atoms with Crippen molar-refractivity contribution < 1.29 is 12.8 Å². The molecule has 0 atom stereocenters. The van der Waals surface area contributed by atoms with Gasteiger partial charge >= 0.3 is 0 Å². The van der Waals surface area contributed by atoms with Gasteiger partial charge in [-0.1, -0.05) is 0 Å². The molecule has 3 aromatic rings. The van der Waals surface area contributed by atoms with Crippen LogP contribution in [0.4, 0.5) is 10.3 Å². The molecule has 0 saturated carbocycles. The molecule has 174 valence electrons. The molecule has 0 aliphatic carbocycles. The van der Waals surface area contributed by atoms with E-state index in [9.17, 15) is 18.1 Å². The molecule has 0 spiro atoms. The molecule has 3 heterocycles. The minimum atomic E-state index is -3.22. The first-order chi connectivity index (χ1) is 16.2. The Bertz CT molecular complexity index is 1430. The van der Waals surface area contributed by atoms with Gasteiger partial charge in [0.15, 0.2) is 0 Å². The molecule has 2 aromatic heterocycles. The Labute approximate surface area is 196 Å². The molecule has 0 radical (unpaired) electrons. The first kappa shape index (κ1) is 23.3. The molecule has 0 amide bonds. The Morgan fingerprint density at radius 2 is 1.91 bits per heavy atom. The van der Waals surface area contributed by atoms with Gasteiger partial charge in [0.05, 0.1) is 35.3 Å². The highest BCUT2D eigenvalue weighted by molar-refractivity contribution is 7.88. The van der Waals surface area contributed by atoms with Crippen molar-refractivity contribution in [3.05, 3.63) is 53.4 Å². The third-order valence-electron chi connectivity index (χ3n) is 5.63. The molecule has 0 unspecified atom stereocenters. The molecule has 12 heteroatoms. The molecule has 0 bridgehead atoms. The van der Waals surface area contributed by atoms with E-state index >= 15 is 0 Å². The summed E-state index contributed by atoms with van der Waals surface area (Å²) in [6.07, 6.45) is 5.36. The van der Waals surface area contributed by atoms with E-state index in [1.165, 1.54) is 33.5 Å². The summed E-state index contributed by atoms with van der Waals surface area (Å²) in [6, 6.07) is 8.09. The second-order valence-electron chi connectivity index (χ2n) is 7.97.